The molecule has 0 radical (unpaired) electrons. The Morgan fingerprint density at radius 1 is 0.957 bits per heavy atom. The van der Waals surface area contributed by atoms with Crippen LogP contribution in [0.2, 0.25) is 0 Å². The number of aromatic amines is 1. The van der Waals surface area contributed by atoms with E-state index in [1.54, 1.807) is 18.2 Å². The van der Waals surface area contributed by atoms with Crippen LogP contribution in [0.5, 0.6) is 17.2 Å². The number of hydrogen-bond acceptors (Lipinski definition) is 6. The number of aromatic nitrogens is 1. The molecule has 3 aromatic carbocycles. The Labute approximate surface area is 265 Å². The minimum Gasteiger partial charge on any atom is -0.493 e. The first-order valence-electron chi connectivity index (χ1n) is 14.8. The van der Waals surface area contributed by atoms with E-state index in [1.165, 1.54) is 21.1 Å². The number of carbonyl (C=O) groups is 3. The first-order valence-corrected chi connectivity index (χ1v) is 14.8. The third-order valence-corrected chi connectivity index (χ3v) is 8.23. The van der Waals surface area contributed by atoms with Crippen LogP contribution in [0.3, 0.4) is 0 Å². The summed E-state index contributed by atoms with van der Waals surface area (Å²) in [5.74, 6) is -2.98. The highest BCUT2D eigenvalue weighted by Crippen LogP contribution is 2.44. The van der Waals surface area contributed by atoms with Crippen LogP contribution in [0.1, 0.15) is 29.2 Å². The lowest BCUT2D eigenvalue weighted by Gasteiger charge is -2.33. The Kier molecular flexibility index (Phi) is 9.74. The highest BCUT2D eigenvalue weighted by Gasteiger charge is 2.34. The van der Waals surface area contributed by atoms with Crippen molar-refractivity contribution in [3.8, 4) is 17.2 Å². The number of carbonyl (C=O) groups excluding carboxylic acids is 3. The average Bonchev–Trinajstić information content (AvgIpc) is 3.46. The van der Waals surface area contributed by atoms with Crippen molar-refractivity contribution in [1.82, 2.24) is 20.5 Å². The lowest BCUT2D eigenvalue weighted by Crippen LogP contribution is -2.53. The highest BCUT2D eigenvalue weighted by molar-refractivity contribution is 6.01. The minimum atomic E-state index is -1.20. The molecule has 2 unspecified atom stereocenters. The summed E-state index contributed by atoms with van der Waals surface area (Å²) in [6, 6.07) is 11.4. The van der Waals surface area contributed by atoms with Gasteiger partial charge in [-0.2, -0.15) is 0 Å². The molecule has 242 valence electrons. The van der Waals surface area contributed by atoms with E-state index in [0.717, 1.165) is 45.8 Å². The summed E-state index contributed by atoms with van der Waals surface area (Å²) < 4.78 is 43.9. The van der Waals surface area contributed by atoms with Crippen molar-refractivity contribution < 1.29 is 37.4 Å². The standard InChI is InChI=1S/C34H36F2N4O6/c1-19(32(41)38-16-20-11-23(35)15-24(36)12-20)33(42)39-28(13-22-17-37-27-8-6-5-7-25(22)27)34(43)40-10-9-21-14-29(44-2)31(46-4)30(45-3)26(21)18-40/h5-8,11-12,14-15,17,19,28,37H,9-10,13,16,18H2,1-4H3,(H,38,41)(H,39,42). The largest absolute Gasteiger partial charge is 0.493 e. The topological polar surface area (TPSA) is 122 Å². The second kappa shape index (κ2) is 13.9. The van der Waals surface area contributed by atoms with Crippen LogP contribution in [0, 0.1) is 17.6 Å². The first-order chi connectivity index (χ1) is 22.1. The van der Waals surface area contributed by atoms with Crippen LogP contribution >= 0.6 is 0 Å². The predicted octanol–water partition coefficient (Wildman–Crippen LogP) is 4.04. The number of nitrogens with zero attached hydrogens (tertiary/aromatic N) is 1. The van der Waals surface area contributed by atoms with Gasteiger partial charge in [-0.1, -0.05) is 18.2 Å². The molecule has 0 aliphatic carbocycles. The highest BCUT2D eigenvalue weighted by atomic mass is 19.1. The number of methoxy groups -OCH3 is 3. The summed E-state index contributed by atoms with van der Waals surface area (Å²) in [6.45, 7) is 1.82. The van der Waals surface area contributed by atoms with Crippen LogP contribution in [0.15, 0.2) is 54.7 Å². The molecule has 0 fully saturated rings. The molecule has 1 aliphatic heterocycles. The van der Waals surface area contributed by atoms with Gasteiger partial charge in [0.25, 0.3) is 0 Å². The van der Waals surface area contributed by atoms with E-state index in [4.69, 9.17) is 14.2 Å². The Morgan fingerprint density at radius 3 is 2.37 bits per heavy atom. The molecule has 3 N–H and O–H groups in total. The molecule has 4 aromatic rings. The lowest BCUT2D eigenvalue weighted by atomic mass is 9.96. The van der Waals surface area contributed by atoms with Gasteiger partial charge in [-0.3, -0.25) is 14.4 Å². The van der Waals surface area contributed by atoms with Gasteiger partial charge in [0.15, 0.2) is 11.5 Å². The molecule has 0 saturated carbocycles. The summed E-state index contributed by atoms with van der Waals surface area (Å²) in [5.41, 5.74) is 3.65. The van der Waals surface area contributed by atoms with Crippen LogP contribution in [-0.4, -0.2) is 61.5 Å². The number of H-pyrrole nitrogens is 1. The fraction of sp³-hybridized carbons (Fsp3) is 0.324. The van der Waals surface area contributed by atoms with E-state index in [1.807, 2.05) is 30.3 Å². The Morgan fingerprint density at radius 2 is 1.67 bits per heavy atom. The monoisotopic (exact) mass is 634 g/mol. The minimum absolute atomic E-state index is 0.165. The van der Waals surface area contributed by atoms with Gasteiger partial charge in [0, 0.05) is 54.8 Å². The number of amides is 3. The first kappa shape index (κ1) is 32.3. The molecule has 2 atom stereocenters. The number of para-hydroxylation sites is 1. The molecular formula is C34H36F2N4O6. The molecule has 46 heavy (non-hydrogen) atoms. The number of rotatable bonds is 11. The Bertz CT molecular complexity index is 1750. The Hall–Kier alpha value is -5.13. The van der Waals surface area contributed by atoms with Crippen molar-refractivity contribution in [2.45, 2.75) is 38.9 Å². The van der Waals surface area contributed by atoms with Crippen LogP contribution in [-0.2, 0) is 40.3 Å². The van der Waals surface area contributed by atoms with Gasteiger partial charge < -0.3 is 34.7 Å². The molecule has 1 aliphatic rings. The maximum Gasteiger partial charge on any atom is 0.245 e. The molecular weight excluding hydrogens is 598 g/mol. The maximum absolute atomic E-state index is 14.2. The zero-order valence-corrected chi connectivity index (χ0v) is 26.0. The summed E-state index contributed by atoms with van der Waals surface area (Å²) in [6.07, 6.45) is 2.49. The molecule has 3 amide bonds. The summed E-state index contributed by atoms with van der Waals surface area (Å²) in [5, 5.41) is 6.26. The van der Waals surface area contributed by atoms with Crippen molar-refractivity contribution in [2.75, 3.05) is 27.9 Å². The molecule has 0 bridgehead atoms. The van der Waals surface area contributed by atoms with Gasteiger partial charge in [-0.05, 0) is 54.3 Å². The smallest absolute Gasteiger partial charge is 0.245 e. The van der Waals surface area contributed by atoms with E-state index in [-0.39, 0.29) is 31.0 Å². The van der Waals surface area contributed by atoms with Crippen LogP contribution < -0.4 is 24.8 Å². The fourth-order valence-electron chi connectivity index (χ4n) is 5.79. The summed E-state index contributed by atoms with van der Waals surface area (Å²) >= 11 is 0. The van der Waals surface area contributed by atoms with Crippen LogP contribution in [0.4, 0.5) is 8.78 Å². The molecule has 0 saturated heterocycles. The number of fused-ring (bicyclic) bond motifs is 2. The zero-order valence-electron chi connectivity index (χ0n) is 26.0. The van der Waals surface area contributed by atoms with Gasteiger partial charge in [0.05, 0.1) is 21.3 Å². The third kappa shape index (κ3) is 6.75. The predicted molar refractivity (Wildman–Crippen MR) is 167 cm³/mol. The van der Waals surface area contributed by atoms with E-state index in [9.17, 15) is 23.2 Å². The van der Waals surface area contributed by atoms with Gasteiger partial charge in [0.1, 0.15) is 23.6 Å². The van der Waals surface area contributed by atoms with Gasteiger partial charge in [-0.25, -0.2) is 8.78 Å². The number of hydrogen-bond donors (Lipinski definition) is 3. The number of halogens is 2. The van der Waals surface area contributed by atoms with E-state index < -0.39 is 35.4 Å². The number of nitrogens with one attached hydrogen (secondary N) is 3. The second-order valence-corrected chi connectivity index (χ2v) is 11.1. The van der Waals surface area contributed by atoms with E-state index in [2.05, 4.69) is 15.6 Å². The summed E-state index contributed by atoms with van der Waals surface area (Å²) in [4.78, 5) is 45.4. The van der Waals surface area contributed by atoms with E-state index in [0.29, 0.717) is 30.2 Å². The van der Waals surface area contributed by atoms with Crippen LogP contribution in [0.25, 0.3) is 10.9 Å². The van der Waals surface area contributed by atoms with Gasteiger partial charge in [-0.15, -0.1) is 0 Å². The average molecular weight is 635 g/mol. The maximum atomic E-state index is 14.2. The van der Waals surface area contributed by atoms with Crippen molar-refractivity contribution in [1.29, 1.82) is 0 Å². The van der Waals surface area contributed by atoms with E-state index >= 15 is 0 Å². The van der Waals surface area contributed by atoms with Gasteiger partial charge in [0.2, 0.25) is 23.5 Å². The molecule has 10 nitrogen and oxygen atoms in total. The van der Waals surface area contributed by atoms with Gasteiger partial charge >= 0.3 is 0 Å². The lowest BCUT2D eigenvalue weighted by molar-refractivity contribution is -0.140. The fourth-order valence-corrected chi connectivity index (χ4v) is 5.79. The zero-order chi connectivity index (χ0) is 33.0. The Balaban J connectivity index is 1.37. The van der Waals surface area contributed by atoms with Crippen molar-refractivity contribution in [3.05, 3.63) is 88.6 Å². The molecule has 1 aromatic heterocycles. The molecule has 5 rings (SSSR count). The number of ether oxygens (including phenoxy) is 3. The molecule has 12 heteroatoms. The third-order valence-electron chi connectivity index (χ3n) is 8.23. The normalized spacial score (nSPS) is 13.8. The second-order valence-electron chi connectivity index (χ2n) is 11.1. The van der Waals surface area contributed by atoms with Crippen molar-refractivity contribution in [2.24, 2.45) is 5.92 Å². The summed E-state index contributed by atoms with van der Waals surface area (Å²) in [7, 11) is 4.58. The van der Waals surface area contributed by atoms with Crippen molar-refractivity contribution >= 4 is 28.6 Å². The molecule has 0 spiro atoms. The quantitative estimate of drug-likeness (QED) is 0.214. The number of benzene rings is 3. The molecule has 2 heterocycles. The SMILES string of the molecule is COc1cc2c(c(OC)c1OC)CN(C(=O)C(Cc1c[nH]c3ccccc13)NC(=O)C(C)C(=O)NCc1cc(F)cc(F)c1)CC2. The van der Waals surface area contributed by atoms with Crippen molar-refractivity contribution in [3.63, 3.8) is 0 Å².